The maximum atomic E-state index is 13.9. The van der Waals surface area contributed by atoms with E-state index in [2.05, 4.69) is 75.9 Å². The first kappa shape index (κ1) is 22.7. The van der Waals surface area contributed by atoms with E-state index >= 15 is 0 Å². The number of nitrogens with zero attached hydrogens (tertiary/aromatic N) is 2. The van der Waals surface area contributed by atoms with E-state index < -0.39 is 0 Å². The summed E-state index contributed by atoms with van der Waals surface area (Å²) in [5.41, 5.74) is 9.49. The predicted molar refractivity (Wildman–Crippen MR) is 148 cm³/mol. The summed E-state index contributed by atoms with van der Waals surface area (Å²) >= 11 is 6.08. The number of halogens is 1. The summed E-state index contributed by atoms with van der Waals surface area (Å²) in [5, 5.41) is 3.77. The molecular weight excluding hydrogens is 466 g/mol. The second-order valence-corrected chi connectivity index (χ2v) is 9.83. The molecule has 0 spiro atoms. The molecule has 0 unspecified atom stereocenters. The van der Waals surface area contributed by atoms with Crippen molar-refractivity contribution >= 4 is 28.8 Å². The van der Waals surface area contributed by atoms with E-state index in [-0.39, 0.29) is 5.91 Å². The van der Waals surface area contributed by atoms with Gasteiger partial charge in [0.15, 0.2) is 0 Å². The van der Waals surface area contributed by atoms with Crippen LogP contribution < -0.4 is 5.32 Å². The molecule has 0 aliphatic carbocycles. The van der Waals surface area contributed by atoms with Crippen molar-refractivity contribution in [2.45, 2.75) is 39.2 Å². The normalized spacial score (nSPS) is 13.1. The van der Waals surface area contributed by atoms with E-state index in [0.29, 0.717) is 10.7 Å². The van der Waals surface area contributed by atoms with Gasteiger partial charge in [0.05, 0.1) is 5.69 Å². The zero-order valence-corrected chi connectivity index (χ0v) is 21.1. The molecule has 0 saturated carbocycles. The van der Waals surface area contributed by atoms with Gasteiger partial charge in [-0.15, -0.1) is 0 Å². The fraction of sp³-hybridized carbons (Fsp3) is 0.194. The molecule has 0 saturated heterocycles. The van der Waals surface area contributed by atoms with Crippen molar-refractivity contribution < 1.29 is 4.79 Å². The van der Waals surface area contributed by atoms with Gasteiger partial charge in [0, 0.05) is 34.6 Å². The Bertz CT molecular complexity index is 1540. The van der Waals surface area contributed by atoms with E-state index in [4.69, 9.17) is 11.6 Å². The number of aryl methyl sites for hydroxylation is 3. The largest absolute Gasteiger partial charge is 0.325 e. The van der Waals surface area contributed by atoms with Crippen molar-refractivity contribution in [2.75, 3.05) is 5.32 Å². The quantitative estimate of drug-likeness (QED) is 0.265. The number of anilines is 1. The molecule has 0 atom stereocenters. The molecule has 0 fully saturated rings. The summed E-state index contributed by atoms with van der Waals surface area (Å²) in [6.07, 6.45) is 6.27. The number of hydrogen-bond acceptors (Lipinski definition) is 1. The Morgan fingerprint density at radius 2 is 1.67 bits per heavy atom. The van der Waals surface area contributed by atoms with Crippen LogP contribution in [0.2, 0.25) is 5.02 Å². The van der Waals surface area contributed by atoms with Crippen molar-refractivity contribution in [1.82, 2.24) is 8.97 Å². The maximum Gasteiger partial charge on any atom is 0.273 e. The third-order valence-corrected chi connectivity index (χ3v) is 7.42. The minimum atomic E-state index is -0.120. The Balaban J connectivity index is 1.59. The van der Waals surface area contributed by atoms with Gasteiger partial charge >= 0.3 is 0 Å². The van der Waals surface area contributed by atoms with Gasteiger partial charge in [-0.05, 0) is 66.6 Å². The minimum absolute atomic E-state index is 0.120. The molecule has 5 heteroatoms. The van der Waals surface area contributed by atoms with Crippen LogP contribution in [0.1, 0.15) is 41.4 Å². The van der Waals surface area contributed by atoms with Gasteiger partial charge < -0.3 is 9.88 Å². The summed E-state index contributed by atoms with van der Waals surface area (Å²) in [5.74, 6) is -0.120. The number of benzene rings is 3. The highest BCUT2D eigenvalue weighted by atomic mass is 35.5. The molecule has 36 heavy (non-hydrogen) atoms. The summed E-state index contributed by atoms with van der Waals surface area (Å²) in [7, 11) is 0. The number of aromatic nitrogens is 2. The van der Waals surface area contributed by atoms with Crippen LogP contribution in [0.4, 0.5) is 5.69 Å². The Kier molecular flexibility index (Phi) is 5.90. The third kappa shape index (κ3) is 3.92. The van der Waals surface area contributed by atoms with Gasteiger partial charge in [0.25, 0.3) is 5.91 Å². The van der Waals surface area contributed by atoms with Crippen molar-refractivity contribution in [3.8, 4) is 22.4 Å². The van der Waals surface area contributed by atoms with Crippen LogP contribution in [0.25, 0.3) is 28.0 Å². The summed E-state index contributed by atoms with van der Waals surface area (Å²) < 4.78 is 4.53. The number of amides is 1. The van der Waals surface area contributed by atoms with Gasteiger partial charge in [-0.25, -0.2) is 0 Å². The lowest BCUT2D eigenvalue weighted by atomic mass is 9.96. The fourth-order valence-electron chi connectivity index (χ4n) is 5.39. The number of nitrogens with one attached hydrogen (secondary N) is 1. The summed E-state index contributed by atoms with van der Waals surface area (Å²) in [6.45, 7) is 3.10. The molecule has 2 aromatic heterocycles. The maximum absolute atomic E-state index is 13.9. The molecular formula is C31H28ClN3O. The fourth-order valence-corrected chi connectivity index (χ4v) is 5.52. The molecule has 1 amide bonds. The lowest BCUT2D eigenvalue weighted by molar-refractivity contribution is 0.102. The van der Waals surface area contributed by atoms with E-state index in [1.54, 1.807) is 12.1 Å². The van der Waals surface area contributed by atoms with Gasteiger partial charge in [0.2, 0.25) is 0 Å². The number of carbonyl (C=O) groups excluding carboxylic acids is 1. The van der Waals surface area contributed by atoms with Crippen molar-refractivity contribution in [2.24, 2.45) is 0 Å². The molecule has 3 heterocycles. The average Bonchev–Trinajstić information content (AvgIpc) is 3.33. The zero-order valence-electron chi connectivity index (χ0n) is 20.3. The third-order valence-electron chi connectivity index (χ3n) is 7.17. The first-order valence-electron chi connectivity index (χ1n) is 12.6. The molecule has 3 aromatic carbocycles. The van der Waals surface area contributed by atoms with Crippen molar-refractivity contribution in [1.29, 1.82) is 0 Å². The van der Waals surface area contributed by atoms with Gasteiger partial charge in [-0.2, -0.15) is 0 Å². The van der Waals surface area contributed by atoms with Crippen LogP contribution in [-0.2, 0) is 19.4 Å². The highest BCUT2D eigenvalue weighted by molar-refractivity contribution is 6.30. The molecule has 1 aliphatic heterocycles. The lowest BCUT2D eigenvalue weighted by Gasteiger charge is -2.11. The molecule has 6 rings (SSSR count). The van der Waals surface area contributed by atoms with Crippen LogP contribution in [0, 0.1) is 0 Å². The Labute approximate surface area is 216 Å². The molecule has 1 N–H and O–H groups in total. The summed E-state index contributed by atoms with van der Waals surface area (Å²) in [4.78, 5) is 13.9. The van der Waals surface area contributed by atoms with Crippen LogP contribution >= 0.6 is 11.6 Å². The second kappa shape index (κ2) is 9.36. The van der Waals surface area contributed by atoms with E-state index in [0.717, 1.165) is 65.9 Å². The van der Waals surface area contributed by atoms with Crippen LogP contribution in [-0.4, -0.2) is 14.9 Å². The number of imidazole rings is 1. The highest BCUT2D eigenvalue weighted by Gasteiger charge is 2.29. The summed E-state index contributed by atoms with van der Waals surface area (Å²) in [6, 6.07) is 26.4. The monoisotopic (exact) mass is 493 g/mol. The molecule has 1 aliphatic rings. The minimum Gasteiger partial charge on any atom is -0.325 e. The SMILES string of the molecule is CCc1ccc(-c2c3c4n(c(-c5ccccc5)cn4c2C(=O)Nc2ccc(Cl)cc2)CCCC3)cc1. The van der Waals surface area contributed by atoms with E-state index in [9.17, 15) is 4.79 Å². The lowest BCUT2D eigenvalue weighted by Crippen LogP contribution is -2.15. The smallest absolute Gasteiger partial charge is 0.273 e. The molecule has 0 bridgehead atoms. The number of carbonyl (C=O) groups is 1. The van der Waals surface area contributed by atoms with Crippen LogP contribution in [0.3, 0.4) is 0 Å². The Morgan fingerprint density at radius 3 is 2.39 bits per heavy atom. The van der Waals surface area contributed by atoms with Gasteiger partial charge in [0.1, 0.15) is 11.3 Å². The molecule has 4 nitrogen and oxygen atoms in total. The predicted octanol–water partition coefficient (Wildman–Crippen LogP) is 7.88. The first-order valence-corrected chi connectivity index (χ1v) is 13.0. The second-order valence-electron chi connectivity index (χ2n) is 9.40. The Morgan fingerprint density at radius 1 is 0.917 bits per heavy atom. The van der Waals surface area contributed by atoms with Crippen molar-refractivity contribution in [3.05, 3.63) is 107 Å². The van der Waals surface area contributed by atoms with E-state index in [1.165, 1.54) is 11.1 Å². The van der Waals surface area contributed by atoms with Crippen molar-refractivity contribution in [3.63, 3.8) is 0 Å². The zero-order chi connectivity index (χ0) is 24.6. The molecule has 0 radical (unpaired) electrons. The van der Waals surface area contributed by atoms with Gasteiger partial charge in [-0.1, -0.05) is 73.1 Å². The average molecular weight is 494 g/mol. The molecule has 180 valence electrons. The highest BCUT2D eigenvalue weighted by Crippen LogP contribution is 2.39. The van der Waals surface area contributed by atoms with Gasteiger partial charge in [-0.3, -0.25) is 9.20 Å². The number of rotatable bonds is 5. The van der Waals surface area contributed by atoms with E-state index in [1.807, 2.05) is 18.2 Å². The topological polar surface area (TPSA) is 38.4 Å². The standard InChI is InChI=1S/C31H28ClN3O/c1-2-21-11-13-23(14-12-21)28-26-10-6-7-19-34-27(22-8-4-3-5-9-22)20-35(31(26)34)29(28)30(36)33-25-17-15-24(32)16-18-25/h3-5,8-9,11-18,20H,2,6-7,10,19H2,1H3,(H,33,36). The first-order chi connectivity index (χ1) is 17.6. The Hall–Kier alpha value is -3.76. The van der Waals surface area contributed by atoms with Crippen LogP contribution in [0.15, 0.2) is 85.1 Å². The molecule has 5 aromatic rings. The van der Waals surface area contributed by atoms with Crippen LogP contribution in [0.5, 0.6) is 0 Å². The number of hydrogen-bond donors (Lipinski definition) is 1.